The summed E-state index contributed by atoms with van der Waals surface area (Å²) in [4.78, 5) is 25.4. The van der Waals surface area contributed by atoms with Crippen molar-refractivity contribution in [1.29, 1.82) is 0 Å². The van der Waals surface area contributed by atoms with Gasteiger partial charge >= 0.3 is 5.97 Å². The molecular weight excluding hydrogens is 376 g/mol. The minimum Gasteiger partial charge on any atom is -0.444 e. The van der Waals surface area contributed by atoms with Gasteiger partial charge in [0.2, 0.25) is 6.10 Å². The summed E-state index contributed by atoms with van der Waals surface area (Å²) in [5, 5.41) is 2.73. The number of esters is 1. The molecule has 0 aliphatic heterocycles. The number of aryl methyl sites for hydroxylation is 2. The second-order valence-electron chi connectivity index (χ2n) is 6.60. The summed E-state index contributed by atoms with van der Waals surface area (Å²) in [7, 11) is 0. The van der Waals surface area contributed by atoms with Crippen molar-refractivity contribution in [2.24, 2.45) is 0 Å². The maximum atomic E-state index is 14.0. The molecule has 6 heteroatoms. The van der Waals surface area contributed by atoms with Gasteiger partial charge in [0.25, 0.3) is 5.91 Å². The van der Waals surface area contributed by atoms with Crippen molar-refractivity contribution in [1.82, 2.24) is 0 Å². The van der Waals surface area contributed by atoms with E-state index in [1.54, 1.807) is 36.4 Å². The van der Waals surface area contributed by atoms with Crippen LogP contribution in [0.1, 0.15) is 33.2 Å². The summed E-state index contributed by atoms with van der Waals surface area (Å²) < 4.78 is 33.2. The van der Waals surface area contributed by atoms with E-state index >= 15 is 0 Å². The number of nitrogens with one attached hydrogen (secondary N) is 1. The topological polar surface area (TPSA) is 55.4 Å². The Kier molecular flexibility index (Phi) is 6.02. The molecule has 0 fully saturated rings. The molecule has 0 heterocycles. The fourth-order valence-electron chi connectivity index (χ4n) is 2.83. The molecule has 0 saturated carbocycles. The van der Waals surface area contributed by atoms with Gasteiger partial charge in [0.1, 0.15) is 17.2 Å². The van der Waals surface area contributed by atoms with Gasteiger partial charge in [-0.15, -0.1) is 0 Å². The Bertz CT molecular complexity index is 1030. The van der Waals surface area contributed by atoms with Crippen LogP contribution in [0.15, 0.2) is 66.7 Å². The van der Waals surface area contributed by atoms with E-state index < -0.39 is 35.2 Å². The highest BCUT2D eigenvalue weighted by molar-refractivity contribution is 5.98. The lowest BCUT2D eigenvalue weighted by Crippen LogP contribution is -2.27. The van der Waals surface area contributed by atoms with Crippen LogP contribution in [-0.2, 0) is 9.53 Å². The predicted molar refractivity (Wildman–Crippen MR) is 106 cm³/mol. The number of amides is 1. The van der Waals surface area contributed by atoms with Crippen LogP contribution in [0.3, 0.4) is 0 Å². The molecule has 0 unspecified atom stereocenters. The molecule has 4 nitrogen and oxygen atoms in total. The Balaban J connectivity index is 1.92. The molecule has 0 aromatic heterocycles. The second-order valence-corrected chi connectivity index (χ2v) is 6.60. The SMILES string of the molecule is Cc1ccc(C)c(NC(=O)[C@H](OC(=O)c2c(F)cccc2F)c2ccccc2)c1. The third-order valence-electron chi connectivity index (χ3n) is 4.38. The number of carbonyl (C=O) groups is 2. The minimum absolute atomic E-state index is 0.375. The molecule has 3 aromatic carbocycles. The van der Waals surface area contributed by atoms with Gasteiger partial charge in [0, 0.05) is 11.3 Å². The van der Waals surface area contributed by atoms with E-state index in [9.17, 15) is 18.4 Å². The first-order valence-corrected chi connectivity index (χ1v) is 8.95. The molecule has 0 spiro atoms. The van der Waals surface area contributed by atoms with E-state index in [0.29, 0.717) is 11.3 Å². The monoisotopic (exact) mass is 395 g/mol. The number of benzene rings is 3. The first-order valence-electron chi connectivity index (χ1n) is 8.95. The molecule has 0 radical (unpaired) electrons. The van der Waals surface area contributed by atoms with E-state index in [0.717, 1.165) is 29.3 Å². The highest BCUT2D eigenvalue weighted by Crippen LogP contribution is 2.25. The standard InChI is InChI=1S/C23H19F2NO3/c1-14-11-12-15(2)19(13-14)26-22(27)21(16-7-4-3-5-8-16)29-23(28)20-17(24)9-6-10-18(20)25/h3-13,21H,1-2H3,(H,26,27)/t21-/m1/s1. The Morgan fingerprint density at radius 2 is 1.55 bits per heavy atom. The van der Waals surface area contributed by atoms with Crippen molar-refractivity contribution in [3.8, 4) is 0 Å². The van der Waals surface area contributed by atoms with E-state index in [2.05, 4.69) is 5.32 Å². The maximum absolute atomic E-state index is 14.0. The van der Waals surface area contributed by atoms with Gasteiger partial charge in [-0.1, -0.05) is 48.5 Å². The average molecular weight is 395 g/mol. The third-order valence-corrected chi connectivity index (χ3v) is 4.38. The largest absolute Gasteiger partial charge is 0.444 e. The number of anilines is 1. The summed E-state index contributed by atoms with van der Waals surface area (Å²) in [6.07, 6.45) is -1.39. The molecule has 148 valence electrons. The molecule has 1 atom stereocenters. The van der Waals surface area contributed by atoms with Crippen LogP contribution < -0.4 is 5.32 Å². The molecule has 0 aliphatic carbocycles. The summed E-state index contributed by atoms with van der Waals surface area (Å²) in [6, 6.07) is 16.9. The lowest BCUT2D eigenvalue weighted by molar-refractivity contribution is -0.125. The molecule has 29 heavy (non-hydrogen) atoms. The van der Waals surface area contributed by atoms with Gasteiger partial charge in [0.15, 0.2) is 0 Å². The molecule has 3 aromatic rings. The highest BCUT2D eigenvalue weighted by Gasteiger charge is 2.28. The maximum Gasteiger partial charge on any atom is 0.345 e. The van der Waals surface area contributed by atoms with Gasteiger partial charge in [-0.2, -0.15) is 0 Å². The summed E-state index contributed by atoms with van der Waals surface area (Å²) >= 11 is 0. The number of carbonyl (C=O) groups excluding carboxylic acids is 2. The van der Waals surface area contributed by atoms with Crippen molar-refractivity contribution in [2.45, 2.75) is 20.0 Å². The lowest BCUT2D eigenvalue weighted by Gasteiger charge is -2.19. The number of hydrogen-bond donors (Lipinski definition) is 1. The third kappa shape index (κ3) is 4.66. The Morgan fingerprint density at radius 3 is 2.21 bits per heavy atom. The zero-order valence-electron chi connectivity index (χ0n) is 15.9. The van der Waals surface area contributed by atoms with Crippen LogP contribution >= 0.6 is 0 Å². The van der Waals surface area contributed by atoms with Crippen molar-refractivity contribution < 1.29 is 23.1 Å². The molecule has 0 aliphatic rings. The highest BCUT2D eigenvalue weighted by atomic mass is 19.1. The Hall–Kier alpha value is -3.54. The molecule has 0 saturated heterocycles. The van der Waals surface area contributed by atoms with Crippen LogP contribution in [0.5, 0.6) is 0 Å². The van der Waals surface area contributed by atoms with Crippen molar-refractivity contribution in [2.75, 3.05) is 5.32 Å². The molecule has 3 rings (SSSR count). The Labute approximate surface area is 167 Å². The van der Waals surface area contributed by atoms with Crippen LogP contribution in [0.25, 0.3) is 0 Å². The first-order chi connectivity index (χ1) is 13.9. The van der Waals surface area contributed by atoms with Gasteiger partial charge in [-0.3, -0.25) is 4.79 Å². The van der Waals surface area contributed by atoms with Gasteiger partial charge in [-0.25, -0.2) is 13.6 Å². The molecule has 0 bridgehead atoms. The number of halogens is 2. The fourth-order valence-corrected chi connectivity index (χ4v) is 2.83. The zero-order valence-corrected chi connectivity index (χ0v) is 15.9. The van der Waals surface area contributed by atoms with Crippen molar-refractivity contribution in [3.05, 3.63) is 101 Å². The molecule has 1 N–H and O–H groups in total. The fraction of sp³-hybridized carbons (Fsp3) is 0.130. The average Bonchev–Trinajstić information content (AvgIpc) is 2.69. The van der Waals surface area contributed by atoms with Gasteiger partial charge in [-0.05, 0) is 43.2 Å². The van der Waals surface area contributed by atoms with Crippen LogP contribution in [-0.4, -0.2) is 11.9 Å². The van der Waals surface area contributed by atoms with E-state index in [1.165, 1.54) is 0 Å². The lowest BCUT2D eigenvalue weighted by atomic mass is 10.1. The molecular formula is C23H19F2NO3. The number of hydrogen-bond acceptors (Lipinski definition) is 3. The second kappa shape index (κ2) is 8.65. The smallest absolute Gasteiger partial charge is 0.345 e. The van der Waals surface area contributed by atoms with Crippen LogP contribution in [0, 0.1) is 25.5 Å². The van der Waals surface area contributed by atoms with E-state index in [1.807, 2.05) is 26.0 Å². The van der Waals surface area contributed by atoms with Crippen molar-refractivity contribution >= 4 is 17.6 Å². The first kappa shape index (κ1) is 20.2. The van der Waals surface area contributed by atoms with Crippen molar-refractivity contribution in [3.63, 3.8) is 0 Å². The zero-order chi connectivity index (χ0) is 21.0. The van der Waals surface area contributed by atoms with Crippen LogP contribution in [0.2, 0.25) is 0 Å². The van der Waals surface area contributed by atoms with Gasteiger partial charge in [0.05, 0.1) is 0 Å². The number of ether oxygens (including phenoxy) is 1. The van der Waals surface area contributed by atoms with Crippen LogP contribution in [0.4, 0.5) is 14.5 Å². The van der Waals surface area contributed by atoms with E-state index in [4.69, 9.17) is 4.74 Å². The number of rotatable bonds is 5. The molecule has 1 amide bonds. The van der Waals surface area contributed by atoms with E-state index in [-0.39, 0.29) is 0 Å². The normalized spacial score (nSPS) is 11.6. The quantitative estimate of drug-likeness (QED) is 0.610. The predicted octanol–water partition coefficient (Wildman–Crippen LogP) is 5.12. The Morgan fingerprint density at radius 1 is 0.897 bits per heavy atom. The summed E-state index contributed by atoms with van der Waals surface area (Å²) in [6.45, 7) is 3.71. The minimum atomic E-state index is -1.39. The van der Waals surface area contributed by atoms with Gasteiger partial charge < -0.3 is 10.1 Å². The summed E-state index contributed by atoms with van der Waals surface area (Å²) in [5.41, 5.74) is 1.85. The summed E-state index contributed by atoms with van der Waals surface area (Å²) in [5.74, 6) is -4.01.